The van der Waals surface area contributed by atoms with Gasteiger partial charge in [-0.2, -0.15) is 0 Å². The summed E-state index contributed by atoms with van der Waals surface area (Å²) < 4.78 is 0. The lowest BCUT2D eigenvalue weighted by Gasteiger charge is -2.34. The molecule has 0 spiro atoms. The molecule has 0 aliphatic carbocycles. The molecule has 0 rings (SSSR count). The summed E-state index contributed by atoms with van der Waals surface area (Å²) in [5.41, 5.74) is 0.0655. The third kappa shape index (κ3) is 2.82. The van der Waals surface area contributed by atoms with E-state index in [4.69, 9.17) is 0 Å². The van der Waals surface area contributed by atoms with Crippen LogP contribution < -0.4 is 0 Å². The molecule has 0 heterocycles. The molecule has 1 nitrogen and oxygen atoms in total. The molecule has 11 heavy (non-hydrogen) atoms. The number of aliphatic hydroxyl groups excluding tert-OH is 1. The van der Waals surface area contributed by atoms with E-state index in [1.807, 2.05) is 0 Å². The Morgan fingerprint density at radius 3 is 2.00 bits per heavy atom. The van der Waals surface area contributed by atoms with E-state index in [-0.39, 0.29) is 11.5 Å². The molecule has 1 heteroatoms. The van der Waals surface area contributed by atoms with Crippen molar-refractivity contribution < 1.29 is 5.11 Å². The SMILES string of the molecule is CCC[C@@H](O)C(C)(C)C(C)C. The Morgan fingerprint density at radius 2 is 1.73 bits per heavy atom. The van der Waals surface area contributed by atoms with Crippen molar-refractivity contribution in [3.8, 4) is 0 Å². The van der Waals surface area contributed by atoms with Gasteiger partial charge in [0.05, 0.1) is 6.10 Å². The maximum absolute atomic E-state index is 9.75. The van der Waals surface area contributed by atoms with Crippen LogP contribution in [0.5, 0.6) is 0 Å². The number of aliphatic hydroxyl groups is 1. The second-order valence-electron chi connectivity index (χ2n) is 4.28. The zero-order chi connectivity index (χ0) is 9.07. The van der Waals surface area contributed by atoms with Crippen molar-refractivity contribution in [2.45, 2.75) is 53.6 Å². The minimum atomic E-state index is -0.146. The van der Waals surface area contributed by atoms with Crippen molar-refractivity contribution in [1.29, 1.82) is 0 Å². The van der Waals surface area contributed by atoms with E-state index in [9.17, 15) is 5.11 Å². The Kier molecular flexibility index (Phi) is 4.09. The van der Waals surface area contributed by atoms with E-state index >= 15 is 0 Å². The van der Waals surface area contributed by atoms with Gasteiger partial charge in [-0.05, 0) is 17.8 Å². The van der Waals surface area contributed by atoms with Gasteiger partial charge >= 0.3 is 0 Å². The highest BCUT2D eigenvalue weighted by Gasteiger charge is 2.29. The topological polar surface area (TPSA) is 20.2 Å². The molecule has 1 atom stereocenters. The van der Waals surface area contributed by atoms with Crippen LogP contribution in [0.1, 0.15) is 47.5 Å². The van der Waals surface area contributed by atoms with Gasteiger partial charge in [0.25, 0.3) is 0 Å². The van der Waals surface area contributed by atoms with Crippen molar-refractivity contribution in [3.63, 3.8) is 0 Å². The predicted molar refractivity (Wildman–Crippen MR) is 49.5 cm³/mol. The third-order valence-electron chi connectivity index (χ3n) is 2.91. The highest BCUT2D eigenvalue weighted by Crippen LogP contribution is 2.32. The van der Waals surface area contributed by atoms with Crippen LogP contribution in [0.4, 0.5) is 0 Å². The first-order valence-corrected chi connectivity index (χ1v) is 4.61. The summed E-state index contributed by atoms with van der Waals surface area (Å²) in [6, 6.07) is 0. The zero-order valence-corrected chi connectivity index (χ0v) is 8.52. The fraction of sp³-hybridized carbons (Fsp3) is 1.00. The average Bonchev–Trinajstić information content (AvgIpc) is 1.88. The van der Waals surface area contributed by atoms with Crippen LogP contribution in [-0.2, 0) is 0 Å². The summed E-state index contributed by atoms with van der Waals surface area (Å²) in [5.74, 6) is 0.545. The van der Waals surface area contributed by atoms with Crippen LogP contribution in [-0.4, -0.2) is 11.2 Å². The maximum atomic E-state index is 9.75. The molecular formula is C10H22O. The molecule has 0 bridgehead atoms. The molecule has 0 radical (unpaired) electrons. The maximum Gasteiger partial charge on any atom is 0.0593 e. The van der Waals surface area contributed by atoms with Crippen molar-refractivity contribution >= 4 is 0 Å². The smallest absolute Gasteiger partial charge is 0.0593 e. The molecule has 0 aromatic rings. The molecule has 68 valence electrons. The van der Waals surface area contributed by atoms with E-state index in [0.717, 1.165) is 12.8 Å². The summed E-state index contributed by atoms with van der Waals surface area (Å²) in [5, 5.41) is 9.75. The molecule has 0 saturated heterocycles. The van der Waals surface area contributed by atoms with E-state index in [0.29, 0.717) is 5.92 Å². The molecule has 0 saturated carbocycles. The Morgan fingerprint density at radius 1 is 1.27 bits per heavy atom. The highest BCUT2D eigenvalue weighted by atomic mass is 16.3. The molecule has 0 aliphatic heterocycles. The van der Waals surface area contributed by atoms with E-state index in [1.165, 1.54) is 0 Å². The Labute approximate surface area is 70.8 Å². The molecule has 0 aliphatic rings. The lowest BCUT2D eigenvalue weighted by Crippen LogP contribution is -2.33. The van der Waals surface area contributed by atoms with Gasteiger partial charge in [-0.25, -0.2) is 0 Å². The summed E-state index contributed by atoms with van der Waals surface area (Å²) in [4.78, 5) is 0. The second kappa shape index (κ2) is 4.10. The zero-order valence-electron chi connectivity index (χ0n) is 8.52. The van der Waals surface area contributed by atoms with Crippen molar-refractivity contribution in [2.24, 2.45) is 11.3 Å². The first kappa shape index (κ1) is 11.0. The van der Waals surface area contributed by atoms with Crippen molar-refractivity contribution in [2.75, 3.05) is 0 Å². The first-order chi connectivity index (χ1) is 4.92. The normalized spacial score (nSPS) is 15.5. The van der Waals surface area contributed by atoms with Gasteiger partial charge in [0.1, 0.15) is 0 Å². The summed E-state index contributed by atoms with van der Waals surface area (Å²) in [6.07, 6.45) is 1.84. The van der Waals surface area contributed by atoms with Crippen LogP contribution in [0.25, 0.3) is 0 Å². The highest BCUT2D eigenvalue weighted by molar-refractivity contribution is 4.80. The molecule has 0 aromatic carbocycles. The lowest BCUT2D eigenvalue weighted by atomic mass is 9.75. The van der Waals surface area contributed by atoms with Gasteiger partial charge in [-0.1, -0.05) is 41.0 Å². The molecule has 0 unspecified atom stereocenters. The van der Waals surface area contributed by atoms with Crippen LogP contribution in [0.2, 0.25) is 0 Å². The van der Waals surface area contributed by atoms with Crippen LogP contribution in [0.3, 0.4) is 0 Å². The molecule has 0 aromatic heterocycles. The number of hydrogen-bond acceptors (Lipinski definition) is 1. The van der Waals surface area contributed by atoms with Gasteiger partial charge in [0.2, 0.25) is 0 Å². The predicted octanol–water partition coefficient (Wildman–Crippen LogP) is 2.83. The Bertz CT molecular complexity index is 105. The number of rotatable bonds is 4. The minimum absolute atomic E-state index is 0.0655. The minimum Gasteiger partial charge on any atom is -0.393 e. The molecule has 0 amide bonds. The Balaban J connectivity index is 4.05. The Hall–Kier alpha value is -0.0400. The average molecular weight is 158 g/mol. The van der Waals surface area contributed by atoms with Gasteiger partial charge < -0.3 is 5.11 Å². The molecule has 1 N–H and O–H groups in total. The lowest BCUT2D eigenvalue weighted by molar-refractivity contribution is 0.0110. The number of hydrogen-bond donors (Lipinski definition) is 1. The van der Waals surface area contributed by atoms with Gasteiger partial charge in [-0.15, -0.1) is 0 Å². The van der Waals surface area contributed by atoms with Crippen molar-refractivity contribution in [3.05, 3.63) is 0 Å². The molecule has 0 fully saturated rings. The first-order valence-electron chi connectivity index (χ1n) is 4.61. The third-order valence-corrected chi connectivity index (χ3v) is 2.91. The van der Waals surface area contributed by atoms with Crippen LogP contribution >= 0.6 is 0 Å². The van der Waals surface area contributed by atoms with E-state index in [1.54, 1.807) is 0 Å². The summed E-state index contributed by atoms with van der Waals surface area (Å²) in [6.45, 7) is 10.7. The fourth-order valence-corrected chi connectivity index (χ4v) is 1.03. The van der Waals surface area contributed by atoms with Crippen molar-refractivity contribution in [1.82, 2.24) is 0 Å². The molecular weight excluding hydrogens is 136 g/mol. The quantitative estimate of drug-likeness (QED) is 0.667. The van der Waals surface area contributed by atoms with Gasteiger partial charge in [0, 0.05) is 0 Å². The second-order valence-corrected chi connectivity index (χ2v) is 4.28. The monoisotopic (exact) mass is 158 g/mol. The van der Waals surface area contributed by atoms with Crippen LogP contribution in [0, 0.1) is 11.3 Å². The van der Waals surface area contributed by atoms with E-state index < -0.39 is 0 Å². The van der Waals surface area contributed by atoms with Crippen LogP contribution in [0.15, 0.2) is 0 Å². The summed E-state index contributed by atoms with van der Waals surface area (Å²) >= 11 is 0. The van der Waals surface area contributed by atoms with Gasteiger partial charge in [0.15, 0.2) is 0 Å². The largest absolute Gasteiger partial charge is 0.393 e. The van der Waals surface area contributed by atoms with Gasteiger partial charge in [-0.3, -0.25) is 0 Å². The fourth-order valence-electron chi connectivity index (χ4n) is 1.03. The summed E-state index contributed by atoms with van der Waals surface area (Å²) in [7, 11) is 0. The standard InChI is InChI=1S/C10H22O/c1-6-7-9(11)10(4,5)8(2)3/h8-9,11H,6-7H2,1-5H3/t9-/m1/s1. The van der Waals surface area contributed by atoms with E-state index in [2.05, 4.69) is 34.6 Å².